The maximum absolute atomic E-state index is 5.25. The highest BCUT2D eigenvalue weighted by Crippen LogP contribution is 2.20. The van der Waals surface area contributed by atoms with Gasteiger partial charge in [0.15, 0.2) is 0 Å². The second-order valence-corrected chi connectivity index (χ2v) is 3.02. The van der Waals surface area contributed by atoms with Crippen LogP contribution in [0.4, 0.5) is 0 Å². The molecule has 14 heavy (non-hydrogen) atoms. The van der Waals surface area contributed by atoms with Crippen LogP contribution in [-0.2, 0) is 6.42 Å². The van der Waals surface area contributed by atoms with Crippen LogP contribution in [0.3, 0.4) is 0 Å². The summed E-state index contributed by atoms with van der Waals surface area (Å²) in [7, 11) is 1.70. The van der Waals surface area contributed by atoms with Crippen molar-refractivity contribution < 1.29 is 4.74 Å². The van der Waals surface area contributed by atoms with E-state index in [1.54, 1.807) is 13.2 Å². The van der Waals surface area contributed by atoms with Crippen LogP contribution >= 0.6 is 0 Å². The van der Waals surface area contributed by atoms with E-state index in [-0.39, 0.29) is 0 Å². The molecule has 0 radical (unpaired) electrons. The maximum atomic E-state index is 5.25. The molecule has 0 heterocycles. The van der Waals surface area contributed by atoms with Crippen LogP contribution in [-0.4, -0.2) is 7.11 Å². The highest BCUT2D eigenvalue weighted by Gasteiger charge is 1.99. The van der Waals surface area contributed by atoms with Gasteiger partial charge in [-0.2, -0.15) is 0 Å². The molecule has 0 unspecified atom stereocenters. The summed E-state index contributed by atoms with van der Waals surface area (Å²) in [5.74, 6) is 0.961. The highest BCUT2D eigenvalue weighted by molar-refractivity contribution is 5.54. The average molecular weight is 188 g/mol. The van der Waals surface area contributed by atoms with Gasteiger partial charge in [0, 0.05) is 0 Å². The minimum atomic E-state index is 0.961. The third-order valence-electron chi connectivity index (χ3n) is 2.11. The molecule has 0 aliphatic carbocycles. The first-order chi connectivity index (χ1) is 6.81. The van der Waals surface area contributed by atoms with Gasteiger partial charge in [-0.3, -0.25) is 0 Å². The smallest absolute Gasteiger partial charge is 0.122 e. The van der Waals surface area contributed by atoms with Crippen molar-refractivity contribution in [1.29, 1.82) is 0 Å². The molecule has 74 valence electrons. The van der Waals surface area contributed by atoms with Gasteiger partial charge >= 0.3 is 0 Å². The second kappa shape index (κ2) is 5.28. The predicted molar refractivity (Wildman–Crippen MR) is 61.6 cm³/mol. The van der Waals surface area contributed by atoms with E-state index in [0.717, 1.165) is 12.2 Å². The summed E-state index contributed by atoms with van der Waals surface area (Å²) in [6.07, 6.45) is 6.72. The predicted octanol–water partition coefficient (Wildman–Crippen LogP) is 3.46. The molecule has 1 heteroatoms. The van der Waals surface area contributed by atoms with E-state index < -0.39 is 0 Å². The molecular formula is C13H16O. The molecule has 1 aromatic rings. The van der Waals surface area contributed by atoms with Crippen molar-refractivity contribution in [2.75, 3.05) is 7.11 Å². The third-order valence-corrected chi connectivity index (χ3v) is 2.11. The lowest BCUT2D eigenvalue weighted by Crippen LogP contribution is -1.90. The Kier molecular flexibility index (Phi) is 3.99. The summed E-state index contributed by atoms with van der Waals surface area (Å²) in [4.78, 5) is 0. The molecule has 0 saturated carbocycles. The second-order valence-electron chi connectivity index (χ2n) is 3.02. The zero-order valence-corrected chi connectivity index (χ0v) is 8.79. The Balaban J connectivity index is 3.00. The molecule has 0 fully saturated rings. The Hall–Kier alpha value is -1.50. The van der Waals surface area contributed by atoms with Crippen LogP contribution in [0.5, 0.6) is 5.75 Å². The standard InChI is InChI=1S/C13H16O/c1-4-6-7-11-8-9-13(14-3)12(5-2)10-11/h4,6-10H,1,5H2,2-3H3. The summed E-state index contributed by atoms with van der Waals surface area (Å²) >= 11 is 0. The van der Waals surface area contributed by atoms with Crippen LogP contribution in [0.25, 0.3) is 6.08 Å². The SMILES string of the molecule is C=CC=Cc1ccc(OC)c(CC)c1. The van der Waals surface area contributed by atoms with Crippen molar-refractivity contribution in [3.05, 3.63) is 48.1 Å². The minimum Gasteiger partial charge on any atom is -0.496 e. The lowest BCUT2D eigenvalue weighted by atomic mass is 10.1. The van der Waals surface area contributed by atoms with Gasteiger partial charge in [0.1, 0.15) is 5.75 Å². The summed E-state index contributed by atoms with van der Waals surface area (Å²) in [6, 6.07) is 6.18. The lowest BCUT2D eigenvalue weighted by Gasteiger charge is -2.06. The molecule has 0 aliphatic rings. The Labute approximate surface area is 85.7 Å². The zero-order chi connectivity index (χ0) is 10.4. The van der Waals surface area contributed by atoms with Crippen molar-refractivity contribution in [2.24, 2.45) is 0 Å². The van der Waals surface area contributed by atoms with Crippen molar-refractivity contribution in [3.8, 4) is 5.75 Å². The van der Waals surface area contributed by atoms with E-state index >= 15 is 0 Å². The zero-order valence-electron chi connectivity index (χ0n) is 8.79. The average Bonchev–Trinajstić information content (AvgIpc) is 2.25. The van der Waals surface area contributed by atoms with Crippen LogP contribution in [0.15, 0.2) is 36.9 Å². The quantitative estimate of drug-likeness (QED) is 0.657. The molecule has 0 amide bonds. The summed E-state index contributed by atoms with van der Waals surface area (Å²) in [6.45, 7) is 5.76. The van der Waals surface area contributed by atoms with E-state index in [1.165, 1.54) is 11.1 Å². The number of benzene rings is 1. The van der Waals surface area contributed by atoms with Crippen LogP contribution in [0.2, 0.25) is 0 Å². The molecule has 0 aromatic heterocycles. The fourth-order valence-electron chi connectivity index (χ4n) is 1.36. The molecule has 0 bridgehead atoms. The van der Waals surface area contributed by atoms with Crippen LogP contribution in [0, 0.1) is 0 Å². The Morgan fingerprint density at radius 2 is 2.21 bits per heavy atom. The van der Waals surface area contributed by atoms with Gasteiger partial charge in [0.25, 0.3) is 0 Å². The van der Waals surface area contributed by atoms with Crippen LogP contribution in [0.1, 0.15) is 18.1 Å². The van der Waals surface area contributed by atoms with Gasteiger partial charge in [-0.15, -0.1) is 0 Å². The van der Waals surface area contributed by atoms with E-state index in [9.17, 15) is 0 Å². The molecule has 0 atom stereocenters. The number of hydrogen-bond acceptors (Lipinski definition) is 1. The molecular weight excluding hydrogens is 172 g/mol. The van der Waals surface area contributed by atoms with Crippen molar-refractivity contribution in [1.82, 2.24) is 0 Å². The van der Waals surface area contributed by atoms with Crippen molar-refractivity contribution in [2.45, 2.75) is 13.3 Å². The molecule has 0 N–H and O–H groups in total. The van der Waals surface area contributed by atoms with Gasteiger partial charge in [-0.05, 0) is 29.7 Å². The number of rotatable bonds is 4. The Morgan fingerprint density at radius 3 is 2.79 bits per heavy atom. The largest absolute Gasteiger partial charge is 0.496 e. The van der Waals surface area contributed by atoms with Gasteiger partial charge in [-0.1, -0.05) is 37.8 Å². The minimum absolute atomic E-state index is 0.961. The van der Waals surface area contributed by atoms with E-state index in [2.05, 4.69) is 19.6 Å². The molecule has 1 nitrogen and oxygen atoms in total. The lowest BCUT2D eigenvalue weighted by molar-refractivity contribution is 0.410. The fourth-order valence-corrected chi connectivity index (χ4v) is 1.36. The first-order valence-corrected chi connectivity index (χ1v) is 4.77. The molecule has 0 aliphatic heterocycles. The van der Waals surface area contributed by atoms with Gasteiger partial charge in [0.05, 0.1) is 7.11 Å². The Bertz CT molecular complexity index is 337. The number of methoxy groups -OCH3 is 1. The third kappa shape index (κ3) is 2.49. The molecule has 0 spiro atoms. The van der Waals surface area contributed by atoms with Gasteiger partial charge in [0.2, 0.25) is 0 Å². The van der Waals surface area contributed by atoms with Crippen molar-refractivity contribution in [3.63, 3.8) is 0 Å². The summed E-state index contributed by atoms with van der Waals surface area (Å²) < 4.78 is 5.25. The van der Waals surface area contributed by atoms with Gasteiger partial charge in [-0.25, -0.2) is 0 Å². The Morgan fingerprint density at radius 1 is 1.43 bits per heavy atom. The first kappa shape index (κ1) is 10.6. The monoisotopic (exact) mass is 188 g/mol. The van der Waals surface area contributed by atoms with Crippen LogP contribution < -0.4 is 4.74 Å². The van der Waals surface area contributed by atoms with Gasteiger partial charge < -0.3 is 4.74 Å². The van der Waals surface area contributed by atoms with E-state index in [4.69, 9.17) is 4.74 Å². The number of allylic oxidation sites excluding steroid dienone is 2. The maximum Gasteiger partial charge on any atom is 0.122 e. The van der Waals surface area contributed by atoms with E-state index in [0.29, 0.717) is 0 Å². The number of aryl methyl sites for hydroxylation is 1. The number of ether oxygens (including phenoxy) is 1. The molecule has 0 saturated heterocycles. The highest BCUT2D eigenvalue weighted by atomic mass is 16.5. The molecule has 1 aromatic carbocycles. The fraction of sp³-hybridized carbons (Fsp3) is 0.231. The summed E-state index contributed by atoms with van der Waals surface area (Å²) in [5, 5.41) is 0. The van der Waals surface area contributed by atoms with E-state index in [1.807, 2.05) is 24.3 Å². The molecule has 1 rings (SSSR count). The normalized spacial score (nSPS) is 10.4. The topological polar surface area (TPSA) is 9.23 Å². The summed E-state index contributed by atoms with van der Waals surface area (Å²) in [5.41, 5.74) is 2.42. The van der Waals surface area contributed by atoms with Crippen molar-refractivity contribution >= 4 is 6.08 Å². The first-order valence-electron chi connectivity index (χ1n) is 4.77. The number of hydrogen-bond donors (Lipinski definition) is 0.